The van der Waals surface area contributed by atoms with Gasteiger partial charge < -0.3 is 9.30 Å². The molecular formula is C9H11F3N2O2. The third-order valence-electron chi connectivity index (χ3n) is 1.74. The van der Waals surface area contributed by atoms with Gasteiger partial charge in [-0.3, -0.25) is 4.79 Å². The monoisotopic (exact) mass is 236 g/mol. The molecule has 16 heavy (non-hydrogen) atoms. The number of hydrogen-bond donors (Lipinski definition) is 0. The number of carbonyl (C=O) groups is 1. The van der Waals surface area contributed by atoms with Gasteiger partial charge in [0.05, 0.1) is 6.33 Å². The maximum Gasteiger partial charge on any atom is 0.411 e. The van der Waals surface area contributed by atoms with E-state index in [9.17, 15) is 18.0 Å². The summed E-state index contributed by atoms with van der Waals surface area (Å²) in [5.41, 5.74) is 0.302. The van der Waals surface area contributed by atoms with Crippen LogP contribution in [0.3, 0.4) is 0 Å². The number of nitrogens with zero attached hydrogens (tertiary/aromatic N) is 2. The summed E-state index contributed by atoms with van der Waals surface area (Å²) >= 11 is 0. The van der Waals surface area contributed by atoms with Crippen molar-refractivity contribution >= 4 is 6.29 Å². The molecule has 0 aliphatic rings. The molecule has 0 saturated heterocycles. The van der Waals surface area contributed by atoms with Crippen LogP contribution in [0.5, 0.6) is 0 Å². The molecule has 1 heterocycles. The zero-order valence-corrected chi connectivity index (χ0v) is 8.41. The first-order chi connectivity index (χ1) is 7.51. The van der Waals surface area contributed by atoms with Gasteiger partial charge in [-0.1, -0.05) is 0 Å². The van der Waals surface area contributed by atoms with E-state index in [1.807, 2.05) is 0 Å². The quantitative estimate of drug-likeness (QED) is 0.557. The van der Waals surface area contributed by atoms with E-state index in [0.717, 1.165) is 0 Å². The number of aromatic nitrogens is 2. The number of imidazole rings is 1. The molecule has 0 atom stereocenters. The Morgan fingerprint density at radius 3 is 2.81 bits per heavy atom. The number of alkyl halides is 3. The van der Waals surface area contributed by atoms with E-state index < -0.39 is 12.8 Å². The number of rotatable bonds is 6. The molecule has 0 aliphatic carbocycles. The lowest BCUT2D eigenvalue weighted by molar-refractivity contribution is -0.174. The fourth-order valence-electron chi connectivity index (χ4n) is 1.10. The SMILES string of the molecule is O=Cc1cn(CCCOCC(F)(F)F)cn1. The van der Waals surface area contributed by atoms with Gasteiger partial charge in [-0.15, -0.1) is 0 Å². The lowest BCUT2D eigenvalue weighted by atomic mass is 10.4. The Bertz CT molecular complexity index is 336. The van der Waals surface area contributed by atoms with Crippen LogP contribution < -0.4 is 0 Å². The van der Waals surface area contributed by atoms with Crippen LogP contribution in [0.4, 0.5) is 13.2 Å². The van der Waals surface area contributed by atoms with Gasteiger partial charge in [0.15, 0.2) is 6.29 Å². The van der Waals surface area contributed by atoms with Crippen LogP contribution in [-0.2, 0) is 11.3 Å². The van der Waals surface area contributed by atoms with E-state index in [-0.39, 0.29) is 6.61 Å². The Morgan fingerprint density at radius 1 is 1.50 bits per heavy atom. The van der Waals surface area contributed by atoms with Gasteiger partial charge in [-0.2, -0.15) is 13.2 Å². The van der Waals surface area contributed by atoms with E-state index in [1.165, 1.54) is 12.5 Å². The minimum absolute atomic E-state index is 0.0219. The van der Waals surface area contributed by atoms with Crippen molar-refractivity contribution in [1.29, 1.82) is 0 Å². The molecule has 0 aromatic carbocycles. The number of halogens is 3. The van der Waals surface area contributed by atoms with Crippen molar-refractivity contribution in [2.45, 2.75) is 19.1 Å². The van der Waals surface area contributed by atoms with E-state index in [1.54, 1.807) is 4.57 Å². The average molecular weight is 236 g/mol. The minimum Gasteiger partial charge on any atom is -0.372 e. The average Bonchev–Trinajstić information content (AvgIpc) is 2.63. The van der Waals surface area contributed by atoms with Gasteiger partial charge in [0.25, 0.3) is 0 Å². The molecule has 90 valence electrons. The Kier molecular flexibility index (Phi) is 4.48. The molecule has 0 fully saturated rings. The second kappa shape index (κ2) is 5.64. The molecule has 7 heteroatoms. The highest BCUT2D eigenvalue weighted by molar-refractivity contribution is 5.70. The summed E-state index contributed by atoms with van der Waals surface area (Å²) in [6, 6.07) is 0. The van der Waals surface area contributed by atoms with E-state index in [2.05, 4.69) is 9.72 Å². The number of aryl methyl sites for hydroxylation is 1. The first-order valence-electron chi connectivity index (χ1n) is 4.63. The molecule has 0 bridgehead atoms. The smallest absolute Gasteiger partial charge is 0.372 e. The third kappa shape index (κ3) is 4.92. The number of carbonyl (C=O) groups excluding carboxylic acids is 1. The van der Waals surface area contributed by atoms with Crippen LogP contribution in [0.1, 0.15) is 16.9 Å². The zero-order valence-electron chi connectivity index (χ0n) is 8.41. The van der Waals surface area contributed by atoms with Crippen molar-refractivity contribution < 1.29 is 22.7 Å². The van der Waals surface area contributed by atoms with E-state index in [0.29, 0.717) is 24.9 Å². The molecule has 1 aromatic heterocycles. The molecule has 0 unspecified atom stereocenters. The Morgan fingerprint density at radius 2 is 2.25 bits per heavy atom. The molecule has 0 N–H and O–H groups in total. The topological polar surface area (TPSA) is 44.1 Å². The highest BCUT2D eigenvalue weighted by Gasteiger charge is 2.27. The summed E-state index contributed by atoms with van der Waals surface area (Å²) in [6.07, 6.45) is -0.259. The standard InChI is InChI=1S/C9H11F3N2O2/c10-9(11,12)6-16-3-1-2-14-4-8(5-15)13-7-14/h4-5,7H,1-3,6H2. The summed E-state index contributed by atoms with van der Waals surface area (Å²) in [7, 11) is 0. The van der Waals surface area contributed by atoms with Gasteiger partial charge in [-0.05, 0) is 6.42 Å². The highest BCUT2D eigenvalue weighted by Crippen LogP contribution is 2.14. The molecule has 0 radical (unpaired) electrons. The molecular weight excluding hydrogens is 225 g/mol. The normalized spacial score (nSPS) is 11.7. The molecule has 0 aliphatic heterocycles. The van der Waals surface area contributed by atoms with Crippen molar-refractivity contribution in [2.24, 2.45) is 0 Å². The third-order valence-corrected chi connectivity index (χ3v) is 1.74. The molecule has 1 aromatic rings. The fourth-order valence-corrected chi connectivity index (χ4v) is 1.10. The van der Waals surface area contributed by atoms with Crippen LogP contribution in [-0.4, -0.2) is 35.2 Å². The molecule has 0 spiro atoms. The summed E-state index contributed by atoms with van der Waals surface area (Å²) in [5.74, 6) is 0. The predicted octanol–water partition coefficient (Wildman–Crippen LogP) is 1.66. The lowest BCUT2D eigenvalue weighted by Gasteiger charge is -2.07. The van der Waals surface area contributed by atoms with Crippen molar-refractivity contribution in [3.8, 4) is 0 Å². The van der Waals surface area contributed by atoms with Crippen LogP contribution >= 0.6 is 0 Å². The molecule has 0 saturated carbocycles. The molecule has 1 rings (SSSR count). The number of aldehydes is 1. The number of ether oxygens (including phenoxy) is 1. The summed E-state index contributed by atoms with van der Waals surface area (Å²) in [6.45, 7) is -0.733. The van der Waals surface area contributed by atoms with E-state index in [4.69, 9.17) is 0 Å². The van der Waals surface area contributed by atoms with Gasteiger partial charge >= 0.3 is 6.18 Å². The number of hydrogen-bond acceptors (Lipinski definition) is 3. The summed E-state index contributed by atoms with van der Waals surface area (Å²) < 4.78 is 41.1. The fraction of sp³-hybridized carbons (Fsp3) is 0.556. The Balaban J connectivity index is 2.14. The van der Waals surface area contributed by atoms with Crippen LogP contribution in [0.25, 0.3) is 0 Å². The van der Waals surface area contributed by atoms with E-state index >= 15 is 0 Å². The predicted molar refractivity (Wildman–Crippen MR) is 49.1 cm³/mol. The van der Waals surface area contributed by atoms with Gasteiger partial charge in [0.1, 0.15) is 12.3 Å². The second-order valence-electron chi connectivity index (χ2n) is 3.18. The van der Waals surface area contributed by atoms with Crippen LogP contribution in [0, 0.1) is 0 Å². The maximum atomic E-state index is 11.7. The van der Waals surface area contributed by atoms with Gasteiger partial charge in [0, 0.05) is 19.3 Å². The largest absolute Gasteiger partial charge is 0.411 e. The second-order valence-corrected chi connectivity index (χ2v) is 3.18. The van der Waals surface area contributed by atoms with Crippen molar-refractivity contribution in [2.75, 3.05) is 13.2 Å². The van der Waals surface area contributed by atoms with Crippen LogP contribution in [0.2, 0.25) is 0 Å². The van der Waals surface area contributed by atoms with Gasteiger partial charge in [0.2, 0.25) is 0 Å². The van der Waals surface area contributed by atoms with Crippen LogP contribution in [0.15, 0.2) is 12.5 Å². The summed E-state index contributed by atoms with van der Waals surface area (Å²) in [4.78, 5) is 14.0. The van der Waals surface area contributed by atoms with Crippen molar-refractivity contribution in [3.05, 3.63) is 18.2 Å². The maximum absolute atomic E-state index is 11.7. The highest BCUT2D eigenvalue weighted by atomic mass is 19.4. The minimum atomic E-state index is -4.28. The van der Waals surface area contributed by atoms with Crippen molar-refractivity contribution in [3.63, 3.8) is 0 Å². The zero-order chi connectivity index (χ0) is 12.0. The lowest BCUT2D eigenvalue weighted by Crippen LogP contribution is -2.17. The van der Waals surface area contributed by atoms with Gasteiger partial charge in [-0.25, -0.2) is 4.98 Å². The Labute approximate surface area is 90.0 Å². The molecule has 4 nitrogen and oxygen atoms in total. The Hall–Kier alpha value is -1.37. The van der Waals surface area contributed by atoms with Crippen molar-refractivity contribution in [1.82, 2.24) is 9.55 Å². The molecule has 0 amide bonds. The first-order valence-corrected chi connectivity index (χ1v) is 4.63. The summed E-state index contributed by atoms with van der Waals surface area (Å²) in [5, 5.41) is 0. The first kappa shape index (κ1) is 12.7.